The number of carbonyl (C=O) groups is 2. The Bertz CT molecular complexity index is 1230. The van der Waals surface area contributed by atoms with Gasteiger partial charge in [0, 0.05) is 18.4 Å². The molecule has 5 rings (SSSR count). The van der Waals surface area contributed by atoms with E-state index < -0.39 is 23.3 Å². The number of rotatable bonds is 6. The van der Waals surface area contributed by atoms with Crippen LogP contribution in [0.25, 0.3) is 11.0 Å². The third-order valence-electron chi connectivity index (χ3n) is 6.32. The van der Waals surface area contributed by atoms with Crippen molar-refractivity contribution >= 4 is 28.5 Å². The highest BCUT2D eigenvalue weighted by Crippen LogP contribution is 2.49. The quantitative estimate of drug-likeness (QED) is 0.588. The molecule has 2 N–H and O–H groups in total. The van der Waals surface area contributed by atoms with E-state index in [1.54, 1.807) is 0 Å². The molecule has 0 radical (unpaired) electrons. The topological polar surface area (TPSA) is 88.9 Å². The highest BCUT2D eigenvalue weighted by Gasteiger charge is 2.55. The zero-order valence-electron chi connectivity index (χ0n) is 17.8. The summed E-state index contributed by atoms with van der Waals surface area (Å²) in [4.78, 5) is 33.7. The van der Waals surface area contributed by atoms with Crippen LogP contribution in [-0.2, 0) is 22.3 Å². The minimum Gasteiger partial charge on any atom is -0.341 e. The second-order valence-corrected chi connectivity index (χ2v) is 8.61. The van der Waals surface area contributed by atoms with Crippen LogP contribution in [0.15, 0.2) is 42.6 Å². The lowest BCUT2D eigenvalue weighted by Gasteiger charge is -2.17. The Morgan fingerprint density at radius 1 is 1.18 bits per heavy atom. The first-order valence-electron chi connectivity index (χ1n) is 10.8. The molecule has 2 saturated carbocycles. The average Bonchev–Trinajstić information content (AvgIpc) is 3.70. The summed E-state index contributed by atoms with van der Waals surface area (Å²) in [5.41, 5.74) is 0.00723. The van der Waals surface area contributed by atoms with Gasteiger partial charge in [0.15, 0.2) is 0 Å². The summed E-state index contributed by atoms with van der Waals surface area (Å²) in [6, 6.07) is 9.80. The van der Waals surface area contributed by atoms with E-state index in [1.807, 2.05) is 31.2 Å². The minimum absolute atomic E-state index is 0.00433. The number of anilines is 1. The molecule has 2 aromatic heterocycles. The number of hydrogen-bond donors (Lipinski definition) is 2. The van der Waals surface area contributed by atoms with Gasteiger partial charge in [0.25, 0.3) is 0 Å². The molecule has 2 atom stereocenters. The van der Waals surface area contributed by atoms with E-state index in [0.717, 1.165) is 41.7 Å². The Labute approximate surface area is 187 Å². The van der Waals surface area contributed by atoms with Crippen molar-refractivity contribution in [3.63, 3.8) is 0 Å². The third kappa shape index (κ3) is 3.94. The molecular formula is C23H22F3N5O2. The van der Waals surface area contributed by atoms with Gasteiger partial charge in [-0.1, -0.05) is 12.1 Å². The number of carbonyl (C=O) groups excluding carboxylic acids is 2. The standard InChI is InChI=1S/C23H22F3N5O2/c1-2-31-17-6-4-3-5-16(17)29-19(31)14-11-15(14)20(32)30-22(9-10-22)21(33)28-13-7-8-18(27-12-13)23(24,25)26/h3-8,12,14-15H,2,9-11H2,1H3,(H,28,33)(H,30,32)/t14-,15?/m0/s1. The SMILES string of the molecule is CCn1c([C@H]2CC2C(=O)NC2(C(=O)Nc3ccc(C(F)(F)F)nc3)CC2)nc2ccccc21. The first kappa shape index (κ1) is 21.4. The largest absolute Gasteiger partial charge is 0.433 e. The van der Waals surface area contributed by atoms with Gasteiger partial charge in [-0.2, -0.15) is 13.2 Å². The van der Waals surface area contributed by atoms with E-state index in [4.69, 9.17) is 4.98 Å². The van der Waals surface area contributed by atoms with Gasteiger partial charge in [0.1, 0.15) is 17.1 Å². The summed E-state index contributed by atoms with van der Waals surface area (Å²) in [5, 5.41) is 5.43. The Balaban J connectivity index is 1.24. The Hall–Kier alpha value is -3.43. The number of fused-ring (bicyclic) bond motifs is 1. The number of nitrogens with one attached hydrogen (secondary N) is 2. The monoisotopic (exact) mass is 457 g/mol. The Morgan fingerprint density at radius 3 is 2.58 bits per heavy atom. The normalized spacial score (nSPS) is 21.0. The maximum atomic E-state index is 12.9. The fourth-order valence-corrected chi connectivity index (χ4v) is 4.23. The van der Waals surface area contributed by atoms with Crippen molar-refractivity contribution in [2.75, 3.05) is 5.32 Å². The summed E-state index contributed by atoms with van der Waals surface area (Å²) >= 11 is 0. The first-order chi connectivity index (χ1) is 15.7. The van der Waals surface area contributed by atoms with Crippen molar-refractivity contribution in [1.29, 1.82) is 0 Å². The zero-order valence-corrected chi connectivity index (χ0v) is 17.8. The number of benzene rings is 1. The number of aromatic nitrogens is 3. The van der Waals surface area contributed by atoms with E-state index in [1.165, 1.54) is 0 Å². The Morgan fingerprint density at radius 2 is 1.94 bits per heavy atom. The number of aryl methyl sites for hydroxylation is 1. The van der Waals surface area contributed by atoms with Gasteiger partial charge in [-0.25, -0.2) is 9.97 Å². The molecule has 0 spiro atoms. The molecule has 0 bridgehead atoms. The molecule has 2 amide bonds. The number of para-hydroxylation sites is 2. The van der Waals surface area contributed by atoms with Crippen molar-refractivity contribution in [3.8, 4) is 0 Å². The average molecular weight is 457 g/mol. The van der Waals surface area contributed by atoms with Gasteiger partial charge in [-0.3, -0.25) is 9.59 Å². The molecule has 0 aliphatic heterocycles. The number of nitrogens with zero attached hydrogens (tertiary/aromatic N) is 3. The highest BCUT2D eigenvalue weighted by atomic mass is 19.4. The molecular weight excluding hydrogens is 435 g/mol. The van der Waals surface area contributed by atoms with Gasteiger partial charge in [0.05, 0.1) is 22.9 Å². The number of pyridine rings is 1. The number of amides is 2. The molecule has 1 aromatic carbocycles. The zero-order chi connectivity index (χ0) is 23.4. The predicted molar refractivity (Wildman–Crippen MR) is 114 cm³/mol. The first-order valence-corrected chi connectivity index (χ1v) is 10.8. The van der Waals surface area contributed by atoms with Crippen LogP contribution in [0.4, 0.5) is 18.9 Å². The van der Waals surface area contributed by atoms with Crippen LogP contribution < -0.4 is 10.6 Å². The van der Waals surface area contributed by atoms with Crippen molar-refractivity contribution in [2.45, 2.75) is 50.4 Å². The van der Waals surface area contributed by atoms with Gasteiger partial charge in [-0.05, 0) is 50.5 Å². The fourth-order valence-electron chi connectivity index (χ4n) is 4.23. The molecule has 10 heteroatoms. The van der Waals surface area contributed by atoms with Crippen molar-refractivity contribution in [2.24, 2.45) is 5.92 Å². The number of halogens is 3. The molecule has 2 aliphatic carbocycles. The van der Waals surface area contributed by atoms with Gasteiger partial charge in [0.2, 0.25) is 11.8 Å². The number of alkyl halides is 3. The molecule has 3 aromatic rings. The van der Waals surface area contributed by atoms with Crippen molar-refractivity contribution in [1.82, 2.24) is 19.9 Å². The van der Waals surface area contributed by atoms with Gasteiger partial charge < -0.3 is 15.2 Å². The second kappa shape index (κ2) is 7.57. The summed E-state index contributed by atoms with van der Waals surface area (Å²) in [5.74, 6) is -0.0345. The maximum Gasteiger partial charge on any atom is 0.433 e. The Kier molecular flexibility index (Phi) is 4.91. The van der Waals surface area contributed by atoms with E-state index in [-0.39, 0.29) is 23.4 Å². The molecule has 172 valence electrons. The number of imidazole rings is 1. The van der Waals surface area contributed by atoms with E-state index in [0.29, 0.717) is 19.3 Å². The van der Waals surface area contributed by atoms with Crippen LogP contribution >= 0.6 is 0 Å². The van der Waals surface area contributed by atoms with Crippen LogP contribution in [0.3, 0.4) is 0 Å². The van der Waals surface area contributed by atoms with Crippen LogP contribution in [0, 0.1) is 5.92 Å². The van der Waals surface area contributed by atoms with E-state index >= 15 is 0 Å². The molecule has 33 heavy (non-hydrogen) atoms. The lowest BCUT2D eigenvalue weighted by molar-refractivity contribution is -0.141. The lowest BCUT2D eigenvalue weighted by atomic mass is 10.2. The summed E-state index contributed by atoms with van der Waals surface area (Å²) in [6.45, 7) is 2.78. The molecule has 2 heterocycles. The molecule has 0 saturated heterocycles. The van der Waals surface area contributed by atoms with Crippen LogP contribution in [-0.4, -0.2) is 31.9 Å². The maximum absolute atomic E-state index is 12.9. The molecule has 7 nitrogen and oxygen atoms in total. The van der Waals surface area contributed by atoms with E-state index in [2.05, 4.69) is 20.2 Å². The third-order valence-corrected chi connectivity index (χ3v) is 6.32. The molecule has 2 aliphatic rings. The summed E-state index contributed by atoms with van der Waals surface area (Å²) in [7, 11) is 0. The molecule has 1 unspecified atom stereocenters. The smallest absolute Gasteiger partial charge is 0.341 e. The van der Waals surface area contributed by atoms with Gasteiger partial charge in [-0.15, -0.1) is 0 Å². The molecule has 2 fully saturated rings. The summed E-state index contributed by atoms with van der Waals surface area (Å²) in [6.07, 6.45) is -1.97. The predicted octanol–water partition coefficient (Wildman–Crippen LogP) is 3.86. The lowest BCUT2D eigenvalue weighted by Crippen LogP contribution is -2.46. The van der Waals surface area contributed by atoms with Crippen molar-refractivity contribution < 1.29 is 22.8 Å². The van der Waals surface area contributed by atoms with Crippen molar-refractivity contribution in [3.05, 3.63) is 54.1 Å². The van der Waals surface area contributed by atoms with Crippen LogP contribution in [0.2, 0.25) is 0 Å². The van der Waals surface area contributed by atoms with Gasteiger partial charge >= 0.3 is 6.18 Å². The minimum atomic E-state index is -4.55. The van der Waals surface area contributed by atoms with E-state index in [9.17, 15) is 22.8 Å². The summed E-state index contributed by atoms with van der Waals surface area (Å²) < 4.78 is 40.1. The van der Waals surface area contributed by atoms with Crippen LogP contribution in [0.1, 0.15) is 43.6 Å². The fraction of sp³-hybridized carbons (Fsp3) is 0.391. The number of hydrogen-bond acceptors (Lipinski definition) is 4. The highest BCUT2D eigenvalue weighted by molar-refractivity contribution is 6.03. The van der Waals surface area contributed by atoms with Crippen LogP contribution in [0.5, 0.6) is 0 Å². The second-order valence-electron chi connectivity index (χ2n) is 8.61.